The van der Waals surface area contributed by atoms with Gasteiger partial charge in [-0.3, -0.25) is 4.79 Å². The maximum atomic E-state index is 13.1. The summed E-state index contributed by atoms with van der Waals surface area (Å²) in [4.78, 5) is 11.2. The van der Waals surface area contributed by atoms with Crippen LogP contribution in [0.1, 0.15) is 6.92 Å². The highest BCUT2D eigenvalue weighted by Gasteiger charge is 2.07. The van der Waals surface area contributed by atoms with Crippen LogP contribution < -0.4 is 0 Å². The molecule has 0 fully saturated rings. The summed E-state index contributed by atoms with van der Waals surface area (Å²) < 4.78 is 30.3. The van der Waals surface area contributed by atoms with Crippen molar-refractivity contribution in [2.45, 2.75) is 11.8 Å². The fourth-order valence-corrected chi connectivity index (χ4v) is 1.65. The lowest BCUT2D eigenvalue weighted by Gasteiger charge is -2.03. The Kier molecular flexibility index (Phi) is 4.55. The van der Waals surface area contributed by atoms with E-state index in [0.717, 1.165) is 23.9 Å². The predicted molar refractivity (Wildman–Crippen MR) is 53.7 cm³/mol. The zero-order valence-corrected chi connectivity index (χ0v) is 8.94. The normalized spacial score (nSPS) is 10.1. The number of carbonyl (C=O) groups excluding carboxylic acids is 1. The van der Waals surface area contributed by atoms with Crippen LogP contribution in [0.2, 0.25) is 0 Å². The first kappa shape index (κ1) is 12.0. The van der Waals surface area contributed by atoms with Crippen molar-refractivity contribution in [1.82, 2.24) is 0 Å². The van der Waals surface area contributed by atoms with Crippen LogP contribution in [-0.2, 0) is 9.53 Å². The average molecular weight is 232 g/mol. The molecule has 0 aromatic heterocycles. The molecule has 0 heterocycles. The molecule has 15 heavy (non-hydrogen) atoms. The quantitative estimate of drug-likeness (QED) is 0.589. The molecule has 0 radical (unpaired) electrons. The third kappa shape index (κ3) is 3.87. The lowest BCUT2D eigenvalue weighted by Crippen LogP contribution is -2.06. The highest BCUT2D eigenvalue weighted by Crippen LogP contribution is 2.22. The summed E-state index contributed by atoms with van der Waals surface area (Å²) in [6, 6.07) is 3.23. The number of esters is 1. The maximum Gasteiger partial charge on any atom is 0.316 e. The van der Waals surface area contributed by atoms with Gasteiger partial charge in [-0.2, -0.15) is 0 Å². The Morgan fingerprint density at radius 3 is 2.80 bits per heavy atom. The van der Waals surface area contributed by atoms with Crippen LogP contribution in [0, 0.1) is 11.6 Å². The zero-order chi connectivity index (χ0) is 11.3. The Bertz CT molecular complexity index is 355. The van der Waals surface area contributed by atoms with Gasteiger partial charge in [0, 0.05) is 11.0 Å². The SMILES string of the molecule is CCOC(=O)CSc1ccc(F)cc1F. The van der Waals surface area contributed by atoms with Crippen LogP contribution in [0.5, 0.6) is 0 Å². The first-order chi connectivity index (χ1) is 7.13. The Hall–Kier alpha value is -1.10. The fourth-order valence-electron chi connectivity index (χ4n) is 0.932. The van der Waals surface area contributed by atoms with Gasteiger partial charge >= 0.3 is 5.97 Å². The van der Waals surface area contributed by atoms with Crippen molar-refractivity contribution in [3.8, 4) is 0 Å². The van der Waals surface area contributed by atoms with E-state index in [9.17, 15) is 13.6 Å². The predicted octanol–water partition coefficient (Wildman–Crippen LogP) is 2.62. The Balaban J connectivity index is 2.54. The third-order valence-corrected chi connectivity index (χ3v) is 2.57. The van der Waals surface area contributed by atoms with Gasteiger partial charge in [0.25, 0.3) is 0 Å². The van der Waals surface area contributed by atoms with E-state index in [1.807, 2.05) is 0 Å². The molecule has 1 rings (SSSR count). The minimum Gasteiger partial charge on any atom is -0.465 e. The van der Waals surface area contributed by atoms with E-state index >= 15 is 0 Å². The van der Waals surface area contributed by atoms with Crippen LogP contribution in [0.4, 0.5) is 8.78 Å². The van der Waals surface area contributed by atoms with Gasteiger partial charge in [-0.1, -0.05) is 0 Å². The van der Waals surface area contributed by atoms with Crippen LogP contribution >= 0.6 is 11.8 Å². The van der Waals surface area contributed by atoms with Gasteiger partial charge in [-0.25, -0.2) is 8.78 Å². The molecule has 0 aliphatic rings. The summed E-state index contributed by atoms with van der Waals surface area (Å²) in [5.74, 6) is -1.68. The second kappa shape index (κ2) is 5.70. The van der Waals surface area contributed by atoms with E-state index in [-0.39, 0.29) is 10.6 Å². The standard InChI is InChI=1S/C10H10F2O2S/c1-2-14-10(13)6-15-9-4-3-7(11)5-8(9)12/h3-5H,2,6H2,1H3. The Morgan fingerprint density at radius 2 is 2.20 bits per heavy atom. The number of rotatable bonds is 4. The van der Waals surface area contributed by atoms with Crippen LogP contribution in [-0.4, -0.2) is 18.3 Å². The lowest BCUT2D eigenvalue weighted by atomic mass is 10.3. The molecule has 1 aromatic rings. The molecule has 0 amide bonds. The van der Waals surface area contributed by atoms with Crippen molar-refractivity contribution in [2.24, 2.45) is 0 Å². The van der Waals surface area contributed by atoms with Crippen molar-refractivity contribution in [1.29, 1.82) is 0 Å². The van der Waals surface area contributed by atoms with Gasteiger partial charge in [0.2, 0.25) is 0 Å². The van der Waals surface area contributed by atoms with E-state index < -0.39 is 17.6 Å². The van der Waals surface area contributed by atoms with E-state index in [1.54, 1.807) is 6.92 Å². The molecule has 0 spiro atoms. The van der Waals surface area contributed by atoms with Gasteiger partial charge in [-0.15, -0.1) is 11.8 Å². The van der Waals surface area contributed by atoms with Crippen molar-refractivity contribution in [3.05, 3.63) is 29.8 Å². The van der Waals surface area contributed by atoms with Crippen molar-refractivity contribution in [2.75, 3.05) is 12.4 Å². The van der Waals surface area contributed by atoms with Gasteiger partial charge in [0.15, 0.2) is 0 Å². The first-order valence-electron chi connectivity index (χ1n) is 4.37. The molecule has 0 saturated carbocycles. The van der Waals surface area contributed by atoms with Gasteiger partial charge in [0.05, 0.1) is 12.4 Å². The van der Waals surface area contributed by atoms with Crippen molar-refractivity contribution < 1.29 is 18.3 Å². The molecule has 0 atom stereocenters. The third-order valence-electron chi connectivity index (χ3n) is 1.54. The molecular weight excluding hydrogens is 222 g/mol. The summed E-state index contributed by atoms with van der Waals surface area (Å²) in [5.41, 5.74) is 0. The molecule has 0 aliphatic heterocycles. The number of thioether (sulfide) groups is 1. The summed E-state index contributed by atoms with van der Waals surface area (Å²) >= 11 is 0.988. The topological polar surface area (TPSA) is 26.3 Å². The van der Waals surface area contributed by atoms with Crippen LogP contribution in [0.25, 0.3) is 0 Å². The highest BCUT2D eigenvalue weighted by atomic mass is 32.2. The van der Waals surface area contributed by atoms with E-state index in [2.05, 4.69) is 4.74 Å². The van der Waals surface area contributed by atoms with Crippen LogP contribution in [0.15, 0.2) is 23.1 Å². The monoisotopic (exact) mass is 232 g/mol. The number of carbonyl (C=O) groups is 1. The molecule has 0 unspecified atom stereocenters. The maximum absolute atomic E-state index is 13.1. The van der Waals surface area contributed by atoms with E-state index in [4.69, 9.17) is 0 Å². The molecule has 5 heteroatoms. The highest BCUT2D eigenvalue weighted by molar-refractivity contribution is 8.00. The molecule has 0 N–H and O–H groups in total. The first-order valence-corrected chi connectivity index (χ1v) is 5.35. The number of halogens is 2. The van der Waals surface area contributed by atoms with Gasteiger partial charge in [0.1, 0.15) is 11.6 Å². The number of ether oxygens (including phenoxy) is 1. The molecule has 0 aliphatic carbocycles. The lowest BCUT2D eigenvalue weighted by molar-refractivity contribution is -0.139. The van der Waals surface area contributed by atoms with Crippen LogP contribution in [0.3, 0.4) is 0 Å². The molecule has 0 bridgehead atoms. The molecule has 1 aromatic carbocycles. The summed E-state index contributed by atoms with van der Waals surface area (Å²) in [6.07, 6.45) is 0. The summed E-state index contributed by atoms with van der Waals surface area (Å²) in [7, 11) is 0. The van der Waals surface area contributed by atoms with E-state index in [0.29, 0.717) is 6.61 Å². The Labute approximate surface area is 90.6 Å². The smallest absolute Gasteiger partial charge is 0.316 e. The minimum atomic E-state index is -0.663. The molecule has 0 saturated heterocycles. The largest absolute Gasteiger partial charge is 0.465 e. The Morgan fingerprint density at radius 1 is 1.47 bits per heavy atom. The molecule has 2 nitrogen and oxygen atoms in total. The average Bonchev–Trinajstić information content (AvgIpc) is 2.17. The van der Waals surface area contributed by atoms with Crippen molar-refractivity contribution >= 4 is 17.7 Å². The van der Waals surface area contributed by atoms with E-state index in [1.165, 1.54) is 6.07 Å². The number of benzene rings is 1. The van der Waals surface area contributed by atoms with Crippen molar-refractivity contribution in [3.63, 3.8) is 0 Å². The molecular formula is C10H10F2O2S. The summed E-state index contributed by atoms with van der Waals surface area (Å²) in [6.45, 7) is 1.99. The molecule has 82 valence electrons. The second-order valence-electron chi connectivity index (χ2n) is 2.67. The zero-order valence-electron chi connectivity index (χ0n) is 8.13. The number of hydrogen-bond acceptors (Lipinski definition) is 3. The second-order valence-corrected chi connectivity index (χ2v) is 3.69. The van der Waals surface area contributed by atoms with Gasteiger partial charge < -0.3 is 4.74 Å². The number of hydrogen-bond donors (Lipinski definition) is 0. The summed E-state index contributed by atoms with van der Waals surface area (Å²) in [5, 5.41) is 0. The fraction of sp³-hybridized carbons (Fsp3) is 0.300. The van der Waals surface area contributed by atoms with Gasteiger partial charge in [-0.05, 0) is 19.1 Å². The minimum absolute atomic E-state index is 0.0242.